The molecule has 0 aliphatic carbocycles. The predicted molar refractivity (Wildman–Crippen MR) is 102 cm³/mol. The molecule has 1 amide bonds. The van der Waals surface area contributed by atoms with Gasteiger partial charge in [-0.1, -0.05) is 11.6 Å². The number of carbonyl (C=O) groups excluding carboxylic acids is 1. The van der Waals surface area contributed by atoms with Gasteiger partial charge in [-0.3, -0.25) is 4.79 Å². The Kier molecular flexibility index (Phi) is 4.70. The highest BCUT2D eigenvalue weighted by molar-refractivity contribution is 6.34. The van der Waals surface area contributed by atoms with Gasteiger partial charge < -0.3 is 14.6 Å². The van der Waals surface area contributed by atoms with Crippen molar-refractivity contribution in [1.29, 1.82) is 0 Å². The third kappa shape index (κ3) is 3.35. The molecule has 4 rings (SSSR count). The Morgan fingerprint density at radius 2 is 2.04 bits per heavy atom. The smallest absolute Gasteiger partial charge is 0.260 e. The highest BCUT2D eigenvalue weighted by Gasteiger charge is 2.26. The van der Waals surface area contributed by atoms with Crippen LogP contribution in [0.4, 0.5) is 15.9 Å². The summed E-state index contributed by atoms with van der Waals surface area (Å²) in [6, 6.07) is 3.82. The van der Waals surface area contributed by atoms with E-state index in [-0.39, 0.29) is 5.02 Å². The van der Waals surface area contributed by atoms with Gasteiger partial charge in [-0.25, -0.2) is 14.4 Å². The van der Waals surface area contributed by atoms with E-state index in [9.17, 15) is 9.18 Å². The number of rotatable bonds is 3. The number of furan rings is 1. The molecule has 1 N–H and O–H groups in total. The maximum atomic E-state index is 13.3. The van der Waals surface area contributed by atoms with Crippen LogP contribution in [0.3, 0.4) is 0 Å². The fourth-order valence-corrected chi connectivity index (χ4v) is 3.64. The van der Waals surface area contributed by atoms with Gasteiger partial charge >= 0.3 is 0 Å². The first kappa shape index (κ1) is 17.7. The molecule has 1 aliphatic heterocycles. The Labute approximate surface area is 160 Å². The first-order valence-electron chi connectivity index (χ1n) is 8.80. The average Bonchev–Trinajstić information content (AvgIpc) is 3.00. The molecular weight excluding hydrogens is 371 g/mol. The molecule has 140 valence electrons. The minimum absolute atomic E-state index is 0.126. The van der Waals surface area contributed by atoms with Crippen LogP contribution in [0.2, 0.25) is 5.02 Å². The average molecular weight is 389 g/mol. The number of benzene rings is 1. The van der Waals surface area contributed by atoms with Gasteiger partial charge in [0.2, 0.25) is 5.71 Å². The number of hydrogen-bond acceptors (Lipinski definition) is 5. The molecule has 1 aromatic carbocycles. The summed E-state index contributed by atoms with van der Waals surface area (Å²) in [5.74, 6) is 0.280. The summed E-state index contributed by atoms with van der Waals surface area (Å²) < 4.78 is 19.0. The maximum Gasteiger partial charge on any atom is 0.260 e. The van der Waals surface area contributed by atoms with E-state index in [2.05, 4.69) is 20.2 Å². The Morgan fingerprint density at radius 3 is 2.78 bits per heavy atom. The molecule has 1 saturated heterocycles. The molecule has 0 spiro atoms. The molecule has 1 fully saturated rings. The van der Waals surface area contributed by atoms with Gasteiger partial charge in [0.15, 0.2) is 0 Å². The van der Waals surface area contributed by atoms with Crippen molar-refractivity contribution in [2.24, 2.45) is 0 Å². The molecule has 27 heavy (non-hydrogen) atoms. The number of nitrogens with zero attached hydrogens (tertiary/aromatic N) is 3. The van der Waals surface area contributed by atoms with E-state index in [4.69, 9.17) is 16.0 Å². The SMILES string of the molecule is Cc1oc2ncnc(N3CCCCC3)c2c1C(=O)Nc1ccc(F)cc1Cl. The fourth-order valence-electron chi connectivity index (χ4n) is 3.42. The molecule has 3 aromatic rings. The third-order valence-corrected chi connectivity index (χ3v) is 5.02. The molecular formula is C19H18ClFN4O2. The van der Waals surface area contributed by atoms with Crippen LogP contribution in [0, 0.1) is 12.7 Å². The second-order valence-electron chi connectivity index (χ2n) is 6.54. The lowest BCUT2D eigenvalue weighted by Gasteiger charge is -2.28. The minimum atomic E-state index is -0.469. The van der Waals surface area contributed by atoms with Gasteiger partial charge in [-0.05, 0) is 44.4 Å². The summed E-state index contributed by atoms with van der Waals surface area (Å²) in [5, 5.41) is 3.45. The number of carbonyl (C=O) groups is 1. The van der Waals surface area contributed by atoms with Crippen LogP contribution in [0.15, 0.2) is 28.9 Å². The van der Waals surface area contributed by atoms with Crippen molar-refractivity contribution in [2.75, 3.05) is 23.3 Å². The first-order valence-corrected chi connectivity index (χ1v) is 9.18. The second-order valence-corrected chi connectivity index (χ2v) is 6.94. The lowest BCUT2D eigenvalue weighted by Crippen LogP contribution is -2.30. The third-order valence-electron chi connectivity index (χ3n) is 4.71. The van der Waals surface area contributed by atoms with Crippen molar-refractivity contribution in [1.82, 2.24) is 9.97 Å². The summed E-state index contributed by atoms with van der Waals surface area (Å²) in [6.45, 7) is 3.46. The van der Waals surface area contributed by atoms with Crippen molar-refractivity contribution >= 4 is 40.1 Å². The van der Waals surface area contributed by atoms with E-state index in [1.165, 1.54) is 24.9 Å². The molecule has 3 heterocycles. The summed E-state index contributed by atoms with van der Waals surface area (Å²) >= 11 is 6.03. The zero-order chi connectivity index (χ0) is 19.0. The zero-order valence-electron chi connectivity index (χ0n) is 14.8. The van der Waals surface area contributed by atoms with E-state index >= 15 is 0 Å². The Bertz CT molecular complexity index is 1010. The monoisotopic (exact) mass is 388 g/mol. The van der Waals surface area contributed by atoms with E-state index in [1.54, 1.807) is 6.92 Å². The zero-order valence-corrected chi connectivity index (χ0v) is 15.5. The molecule has 0 unspecified atom stereocenters. The van der Waals surface area contributed by atoms with Gasteiger partial charge in [0.25, 0.3) is 5.91 Å². The number of aryl methyl sites for hydroxylation is 1. The van der Waals surface area contributed by atoms with Crippen molar-refractivity contribution in [3.63, 3.8) is 0 Å². The van der Waals surface area contributed by atoms with E-state index in [0.29, 0.717) is 33.9 Å². The number of halogens is 2. The number of fused-ring (bicyclic) bond motifs is 1. The minimum Gasteiger partial charge on any atom is -0.442 e. The van der Waals surface area contributed by atoms with Crippen LogP contribution < -0.4 is 10.2 Å². The molecule has 0 atom stereocenters. The van der Waals surface area contributed by atoms with Crippen LogP contribution in [0.25, 0.3) is 11.1 Å². The Morgan fingerprint density at radius 1 is 1.26 bits per heavy atom. The quantitative estimate of drug-likeness (QED) is 0.711. The Hall–Kier alpha value is -2.67. The molecule has 6 nitrogen and oxygen atoms in total. The van der Waals surface area contributed by atoms with Crippen LogP contribution in [0.5, 0.6) is 0 Å². The molecule has 0 radical (unpaired) electrons. The molecule has 1 aliphatic rings. The van der Waals surface area contributed by atoms with Crippen LogP contribution in [-0.4, -0.2) is 29.0 Å². The molecule has 0 saturated carbocycles. The molecule has 8 heteroatoms. The predicted octanol–water partition coefficient (Wildman–Crippen LogP) is 4.57. The summed E-state index contributed by atoms with van der Waals surface area (Å²) in [6.07, 6.45) is 4.80. The van der Waals surface area contributed by atoms with Crippen molar-refractivity contribution in [2.45, 2.75) is 26.2 Å². The van der Waals surface area contributed by atoms with E-state index < -0.39 is 11.7 Å². The van der Waals surface area contributed by atoms with Gasteiger partial charge in [-0.15, -0.1) is 0 Å². The number of hydrogen-bond donors (Lipinski definition) is 1. The number of amides is 1. The summed E-state index contributed by atoms with van der Waals surface area (Å²) in [7, 11) is 0. The van der Waals surface area contributed by atoms with Crippen LogP contribution in [-0.2, 0) is 0 Å². The van der Waals surface area contributed by atoms with Gasteiger partial charge in [0.05, 0.1) is 21.7 Å². The van der Waals surface area contributed by atoms with Crippen molar-refractivity contribution in [3.05, 3.63) is 46.7 Å². The summed E-state index contributed by atoms with van der Waals surface area (Å²) in [5.41, 5.74) is 1.07. The van der Waals surface area contributed by atoms with Crippen LogP contribution >= 0.6 is 11.6 Å². The number of nitrogens with one attached hydrogen (secondary N) is 1. The topological polar surface area (TPSA) is 71.3 Å². The fraction of sp³-hybridized carbons (Fsp3) is 0.316. The lowest BCUT2D eigenvalue weighted by atomic mass is 10.1. The Balaban J connectivity index is 1.76. The van der Waals surface area contributed by atoms with E-state index in [1.807, 2.05) is 0 Å². The normalized spacial score (nSPS) is 14.6. The van der Waals surface area contributed by atoms with Crippen LogP contribution in [0.1, 0.15) is 35.4 Å². The first-order chi connectivity index (χ1) is 13.0. The highest BCUT2D eigenvalue weighted by atomic mass is 35.5. The largest absolute Gasteiger partial charge is 0.442 e. The van der Waals surface area contributed by atoms with Gasteiger partial charge in [0.1, 0.15) is 23.7 Å². The standard InChI is InChI=1S/C19H18ClFN4O2/c1-11-15(18(26)24-14-6-5-12(21)9-13(14)20)16-17(22-10-23-19(16)27-11)25-7-3-2-4-8-25/h5-6,9-10H,2-4,7-8H2,1H3,(H,24,26). The van der Waals surface area contributed by atoms with Crippen molar-refractivity contribution in [3.8, 4) is 0 Å². The molecule has 0 bridgehead atoms. The number of anilines is 2. The van der Waals surface area contributed by atoms with Crippen molar-refractivity contribution < 1.29 is 13.6 Å². The number of piperidine rings is 1. The number of aromatic nitrogens is 2. The van der Waals surface area contributed by atoms with E-state index in [0.717, 1.165) is 32.0 Å². The molecule has 2 aromatic heterocycles. The van der Waals surface area contributed by atoms with Gasteiger partial charge in [-0.2, -0.15) is 0 Å². The second kappa shape index (κ2) is 7.15. The summed E-state index contributed by atoms with van der Waals surface area (Å²) in [4.78, 5) is 23.7. The highest BCUT2D eigenvalue weighted by Crippen LogP contribution is 2.33. The van der Waals surface area contributed by atoms with Gasteiger partial charge in [0, 0.05) is 13.1 Å². The maximum absolute atomic E-state index is 13.3. The lowest BCUT2D eigenvalue weighted by molar-refractivity contribution is 0.102.